The largest absolute Gasteiger partial charge is 0.371 e. The number of aryl methyl sites for hydroxylation is 1. The molecule has 0 radical (unpaired) electrons. The van der Waals surface area contributed by atoms with E-state index < -0.39 is 0 Å². The summed E-state index contributed by atoms with van der Waals surface area (Å²) in [4.78, 5) is 9.10. The van der Waals surface area contributed by atoms with E-state index in [0.717, 1.165) is 36.6 Å². The number of nitrogens with one attached hydrogen (secondary N) is 1. The van der Waals surface area contributed by atoms with Crippen LogP contribution in [0.5, 0.6) is 0 Å². The average molecular weight is 418 g/mol. The summed E-state index contributed by atoms with van der Waals surface area (Å²) in [6.45, 7) is 4.00. The molecule has 1 aromatic carbocycles. The Labute approximate surface area is 164 Å². The van der Waals surface area contributed by atoms with Gasteiger partial charge < -0.3 is 19.7 Å². The summed E-state index contributed by atoms with van der Waals surface area (Å²) in [5.41, 5.74) is 2.57. The first kappa shape index (κ1) is 18.8. The van der Waals surface area contributed by atoms with Crippen LogP contribution in [0.3, 0.4) is 0 Å². The molecule has 6 heteroatoms. The Morgan fingerprint density at radius 1 is 1.35 bits per heavy atom. The maximum Gasteiger partial charge on any atom is 0.193 e. The first-order valence-corrected chi connectivity index (χ1v) is 9.88. The van der Waals surface area contributed by atoms with Gasteiger partial charge in [-0.05, 0) is 46.5 Å². The molecule has 2 heterocycles. The number of para-hydroxylation sites is 1. The predicted molar refractivity (Wildman–Crippen MR) is 113 cm³/mol. The van der Waals surface area contributed by atoms with E-state index in [1.807, 2.05) is 7.05 Å². The first-order valence-electron chi connectivity index (χ1n) is 9.09. The van der Waals surface area contributed by atoms with Crippen LogP contribution in [-0.2, 0) is 13.6 Å². The highest BCUT2D eigenvalue weighted by molar-refractivity contribution is 9.10. The van der Waals surface area contributed by atoms with Gasteiger partial charge in [0.15, 0.2) is 5.96 Å². The van der Waals surface area contributed by atoms with Crippen molar-refractivity contribution in [1.29, 1.82) is 0 Å². The fourth-order valence-corrected chi connectivity index (χ4v) is 4.11. The molecule has 5 nitrogen and oxygen atoms in total. The molecule has 1 unspecified atom stereocenters. The molecule has 0 spiro atoms. The maximum absolute atomic E-state index is 4.46. The molecule has 0 bridgehead atoms. The summed E-state index contributed by atoms with van der Waals surface area (Å²) >= 11 is 3.54. The third-order valence-corrected chi connectivity index (χ3v) is 5.44. The molecule has 140 valence electrons. The Morgan fingerprint density at radius 2 is 2.12 bits per heavy atom. The first-order chi connectivity index (χ1) is 12.6. The number of guanidine groups is 1. The second-order valence-corrected chi connectivity index (χ2v) is 7.90. The quantitative estimate of drug-likeness (QED) is 0.598. The van der Waals surface area contributed by atoms with E-state index in [1.165, 1.54) is 17.8 Å². The summed E-state index contributed by atoms with van der Waals surface area (Å²) in [5.74, 6) is 1.59. The Bertz CT molecular complexity index is 740. The van der Waals surface area contributed by atoms with Crippen molar-refractivity contribution in [2.45, 2.75) is 13.0 Å². The van der Waals surface area contributed by atoms with Gasteiger partial charge in [0.05, 0.1) is 6.54 Å². The molecule has 0 saturated carbocycles. The monoisotopic (exact) mass is 417 g/mol. The van der Waals surface area contributed by atoms with Gasteiger partial charge in [-0.15, -0.1) is 0 Å². The molecule has 0 aliphatic carbocycles. The molecular weight excluding hydrogens is 390 g/mol. The van der Waals surface area contributed by atoms with Gasteiger partial charge in [-0.1, -0.05) is 18.2 Å². The number of nitrogens with zero attached hydrogens (tertiary/aromatic N) is 4. The Hall–Kier alpha value is -1.95. The van der Waals surface area contributed by atoms with Crippen LogP contribution >= 0.6 is 15.9 Å². The van der Waals surface area contributed by atoms with E-state index in [4.69, 9.17) is 0 Å². The highest BCUT2D eigenvalue weighted by Crippen LogP contribution is 2.23. The van der Waals surface area contributed by atoms with Crippen molar-refractivity contribution in [1.82, 2.24) is 14.8 Å². The molecule has 1 aliphatic rings. The van der Waals surface area contributed by atoms with Crippen molar-refractivity contribution in [3.05, 3.63) is 52.8 Å². The maximum atomic E-state index is 4.46. The van der Waals surface area contributed by atoms with Crippen molar-refractivity contribution < 1.29 is 0 Å². The van der Waals surface area contributed by atoms with Crippen molar-refractivity contribution in [2.24, 2.45) is 18.0 Å². The van der Waals surface area contributed by atoms with E-state index >= 15 is 0 Å². The minimum atomic E-state index is 0.643. The number of hydrogen-bond donors (Lipinski definition) is 1. The zero-order valence-corrected chi connectivity index (χ0v) is 17.4. The van der Waals surface area contributed by atoms with Crippen LogP contribution in [0.25, 0.3) is 0 Å². The lowest BCUT2D eigenvalue weighted by atomic mass is 10.1. The van der Waals surface area contributed by atoms with E-state index in [2.05, 4.69) is 97.3 Å². The zero-order valence-electron chi connectivity index (χ0n) is 15.8. The Kier molecular flexibility index (Phi) is 6.25. The number of rotatable bonds is 5. The zero-order chi connectivity index (χ0) is 18.5. The molecule has 1 N–H and O–H groups in total. The van der Waals surface area contributed by atoms with Gasteiger partial charge in [0.1, 0.15) is 0 Å². The summed E-state index contributed by atoms with van der Waals surface area (Å²) in [5, 5.41) is 3.56. The molecule has 26 heavy (non-hydrogen) atoms. The minimum Gasteiger partial charge on any atom is -0.371 e. The summed E-state index contributed by atoms with van der Waals surface area (Å²) in [6.07, 6.45) is 3.30. The molecular formula is C20H28BrN5. The van der Waals surface area contributed by atoms with Crippen LogP contribution in [0.4, 0.5) is 5.69 Å². The summed E-state index contributed by atoms with van der Waals surface area (Å²) in [7, 11) is 6.01. The Morgan fingerprint density at radius 3 is 2.77 bits per heavy atom. The summed E-state index contributed by atoms with van der Waals surface area (Å²) < 4.78 is 3.25. The lowest BCUT2D eigenvalue weighted by molar-refractivity contribution is 0.450. The molecule has 1 saturated heterocycles. The van der Waals surface area contributed by atoms with Crippen LogP contribution < -0.4 is 10.2 Å². The average Bonchev–Trinajstić information content (AvgIpc) is 3.23. The van der Waals surface area contributed by atoms with Crippen molar-refractivity contribution in [2.75, 3.05) is 38.6 Å². The van der Waals surface area contributed by atoms with Gasteiger partial charge in [-0.25, -0.2) is 0 Å². The van der Waals surface area contributed by atoms with Crippen molar-refractivity contribution in [3.8, 4) is 0 Å². The standard InChI is InChI=1S/C20H28BrN5/c1-22-20(25(3)15-19-11-17(21)14-24(19)2)23-12-16-9-10-26(13-16)18-7-5-4-6-8-18/h4-8,11,14,16H,9-10,12-13,15H2,1-3H3,(H,22,23). The van der Waals surface area contributed by atoms with E-state index in [0.29, 0.717) is 5.92 Å². The predicted octanol–water partition coefficient (Wildman–Crippen LogP) is 3.32. The smallest absolute Gasteiger partial charge is 0.193 e. The lowest BCUT2D eigenvalue weighted by Crippen LogP contribution is -2.41. The number of aliphatic imine (C=N–C) groups is 1. The van der Waals surface area contributed by atoms with Gasteiger partial charge in [0.2, 0.25) is 0 Å². The SMILES string of the molecule is CN=C(NCC1CCN(c2ccccc2)C1)N(C)Cc1cc(Br)cn1C. The van der Waals surface area contributed by atoms with Gasteiger partial charge >= 0.3 is 0 Å². The number of benzene rings is 1. The van der Waals surface area contributed by atoms with Crippen LogP contribution in [0.15, 0.2) is 52.1 Å². The van der Waals surface area contributed by atoms with Crippen molar-refractivity contribution in [3.63, 3.8) is 0 Å². The lowest BCUT2D eigenvalue weighted by Gasteiger charge is -2.24. The second-order valence-electron chi connectivity index (χ2n) is 6.98. The van der Waals surface area contributed by atoms with Crippen LogP contribution in [0, 0.1) is 5.92 Å². The van der Waals surface area contributed by atoms with E-state index in [-0.39, 0.29) is 0 Å². The van der Waals surface area contributed by atoms with E-state index in [1.54, 1.807) is 0 Å². The third-order valence-electron chi connectivity index (χ3n) is 5.00. The second kappa shape index (κ2) is 8.62. The molecule has 1 aliphatic heterocycles. The van der Waals surface area contributed by atoms with Gasteiger partial charge in [-0.3, -0.25) is 4.99 Å². The van der Waals surface area contributed by atoms with Crippen LogP contribution in [0.2, 0.25) is 0 Å². The van der Waals surface area contributed by atoms with Crippen LogP contribution in [-0.4, -0.2) is 49.2 Å². The van der Waals surface area contributed by atoms with Crippen molar-refractivity contribution >= 4 is 27.6 Å². The molecule has 0 amide bonds. The highest BCUT2D eigenvalue weighted by atomic mass is 79.9. The third kappa shape index (κ3) is 4.61. The molecule has 1 aromatic heterocycles. The minimum absolute atomic E-state index is 0.643. The number of halogens is 1. The number of anilines is 1. The fraction of sp³-hybridized carbons (Fsp3) is 0.450. The highest BCUT2D eigenvalue weighted by Gasteiger charge is 2.23. The summed E-state index contributed by atoms with van der Waals surface area (Å²) in [6, 6.07) is 12.8. The Balaban J connectivity index is 1.50. The molecule has 1 fully saturated rings. The fourth-order valence-electron chi connectivity index (χ4n) is 3.53. The van der Waals surface area contributed by atoms with Gasteiger partial charge in [0, 0.05) is 62.8 Å². The molecule has 2 aromatic rings. The normalized spacial score (nSPS) is 17.6. The van der Waals surface area contributed by atoms with Gasteiger partial charge in [0.25, 0.3) is 0 Å². The topological polar surface area (TPSA) is 35.8 Å². The van der Waals surface area contributed by atoms with Crippen LogP contribution in [0.1, 0.15) is 12.1 Å². The molecule has 1 atom stereocenters. The number of hydrogen-bond acceptors (Lipinski definition) is 2. The molecule has 3 rings (SSSR count). The van der Waals surface area contributed by atoms with Gasteiger partial charge in [-0.2, -0.15) is 0 Å². The number of aromatic nitrogens is 1. The van der Waals surface area contributed by atoms with E-state index in [9.17, 15) is 0 Å².